The van der Waals surface area contributed by atoms with Gasteiger partial charge in [0.15, 0.2) is 6.29 Å². The highest BCUT2D eigenvalue weighted by molar-refractivity contribution is 7.99. The van der Waals surface area contributed by atoms with Crippen LogP contribution in [0.5, 0.6) is 5.75 Å². The first-order chi connectivity index (χ1) is 21.5. The molecule has 0 bridgehead atoms. The van der Waals surface area contributed by atoms with E-state index in [2.05, 4.69) is 32.7 Å². The van der Waals surface area contributed by atoms with Gasteiger partial charge >= 0.3 is 0 Å². The first-order valence-corrected chi connectivity index (χ1v) is 15.0. The minimum atomic E-state index is -0.671. The van der Waals surface area contributed by atoms with Gasteiger partial charge < -0.3 is 25.0 Å². The van der Waals surface area contributed by atoms with E-state index in [0.29, 0.717) is 22.2 Å². The molecule has 1 fully saturated rings. The van der Waals surface area contributed by atoms with Crippen molar-refractivity contribution in [2.75, 3.05) is 11.1 Å². The van der Waals surface area contributed by atoms with Crippen LogP contribution in [0.1, 0.15) is 46.4 Å². The van der Waals surface area contributed by atoms with Gasteiger partial charge in [-0.25, -0.2) is 0 Å². The SMILES string of the molecule is C[C@@H]1[C@H](CSc2nnnn2-c2ccc(O)cc2)O[C@H](c2ccc(NC(=O)c3cccnc3)cc2)O[C@@H]1c1ccc(CO)cc1. The van der Waals surface area contributed by atoms with E-state index in [9.17, 15) is 15.0 Å². The molecule has 3 aromatic carbocycles. The van der Waals surface area contributed by atoms with Crippen LogP contribution in [0.4, 0.5) is 5.69 Å². The second-order valence-electron chi connectivity index (χ2n) is 10.3. The number of phenols is 1. The first-order valence-electron chi connectivity index (χ1n) is 14.0. The van der Waals surface area contributed by atoms with E-state index in [0.717, 1.165) is 22.4 Å². The van der Waals surface area contributed by atoms with Gasteiger partial charge in [-0.3, -0.25) is 9.78 Å². The van der Waals surface area contributed by atoms with Gasteiger partial charge in [-0.1, -0.05) is 55.1 Å². The third kappa shape index (κ3) is 6.63. The molecule has 4 atom stereocenters. The lowest BCUT2D eigenvalue weighted by atomic mass is 9.91. The zero-order chi connectivity index (χ0) is 30.5. The van der Waals surface area contributed by atoms with E-state index in [4.69, 9.17) is 9.47 Å². The fraction of sp³-hybridized carbons (Fsp3) is 0.219. The smallest absolute Gasteiger partial charge is 0.257 e. The highest BCUT2D eigenvalue weighted by atomic mass is 32.2. The van der Waals surface area contributed by atoms with Crippen molar-refractivity contribution >= 4 is 23.4 Å². The predicted molar refractivity (Wildman–Crippen MR) is 163 cm³/mol. The topological polar surface area (TPSA) is 145 Å². The highest BCUT2D eigenvalue weighted by Crippen LogP contribution is 2.43. The highest BCUT2D eigenvalue weighted by Gasteiger charge is 2.38. The Balaban J connectivity index is 1.21. The number of rotatable bonds is 9. The van der Waals surface area contributed by atoms with Crippen molar-refractivity contribution in [1.82, 2.24) is 25.2 Å². The number of hydrogen-bond acceptors (Lipinski definition) is 10. The summed E-state index contributed by atoms with van der Waals surface area (Å²) in [7, 11) is 0. The molecule has 6 rings (SSSR count). The molecular weight excluding hydrogens is 580 g/mol. The molecule has 0 radical (unpaired) electrons. The number of nitrogens with one attached hydrogen (secondary N) is 1. The molecule has 1 aliphatic rings. The Hall–Kier alpha value is -4.62. The number of carbonyl (C=O) groups excluding carboxylic acids is 1. The molecular formula is C32H30N6O5S. The van der Waals surface area contributed by atoms with Crippen LogP contribution >= 0.6 is 11.8 Å². The molecule has 0 unspecified atom stereocenters. The standard InChI is InChI=1S/C32H30N6O5S/c1-20-28(19-44-32-35-36-37-38(32)26-12-14-27(40)15-13-26)42-31(43-29(20)22-6-4-21(18-39)5-7-22)23-8-10-25(11-9-23)34-30(41)24-3-2-16-33-17-24/h2-17,20,28-29,31,39-40H,18-19H2,1H3,(H,34,41)/t20-,28+,29+,31+/m1/s1. The van der Waals surface area contributed by atoms with Gasteiger partial charge in [0.25, 0.3) is 5.91 Å². The lowest BCUT2D eigenvalue weighted by Gasteiger charge is -2.41. The molecule has 0 saturated carbocycles. The summed E-state index contributed by atoms with van der Waals surface area (Å²) >= 11 is 1.47. The van der Waals surface area contributed by atoms with Crippen LogP contribution in [0.25, 0.3) is 5.69 Å². The van der Waals surface area contributed by atoms with Gasteiger partial charge in [0, 0.05) is 35.3 Å². The number of anilines is 1. The summed E-state index contributed by atoms with van der Waals surface area (Å²) in [6.45, 7) is 2.05. The summed E-state index contributed by atoms with van der Waals surface area (Å²) < 4.78 is 14.7. The van der Waals surface area contributed by atoms with Gasteiger partial charge in [-0.05, 0) is 70.1 Å². The molecule has 0 spiro atoms. The van der Waals surface area contributed by atoms with Gasteiger partial charge in [-0.15, -0.1) is 5.10 Å². The summed E-state index contributed by atoms with van der Waals surface area (Å²) in [6, 6.07) is 25.2. The Morgan fingerprint density at radius 2 is 1.73 bits per heavy atom. The molecule has 44 heavy (non-hydrogen) atoms. The predicted octanol–water partition coefficient (Wildman–Crippen LogP) is 5.09. The quantitative estimate of drug-likeness (QED) is 0.193. The fourth-order valence-corrected chi connectivity index (χ4v) is 5.97. The van der Waals surface area contributed by atoms with Crippen molar-refractivity contribution in [3.05, 3.63) is 120 Å². The summed E-state index contributed by atoms with van der Waals surface area (Å²) in [5.41, 5.74) is 4.44. The number of aromatic hydroxyl groups is 1. The van der Waals surface area contributed by atoms with E-state index < -0.39 is 6.29 Å². The zero-order valence-corrected chi connectivity index (χ0v) is 24.5. The summed E-state index contributed by atoms with van der Waals surface area (Å²) in [6.07, 6.45) is 1.94. The Kier molecular flexibility index (Phi) is 8.94. The number of thioether (sulfide) groups is 1. The maximum Gasteiger partial charge on any atom is 0.257 e. The Morgan fingerprint density at radius 3 is 2.43 bits per heavy atom. The molecule has 0 aliphatic carbocycles. The molecule has 1 amide bonds. The van der Waals surface area contributed by atoms with Crippen LogP contribution in [0.15, 0.2) is 102 Å². The molecule has 224 valence electrons. The Labute approximate surface area is 257 Å². The number of pyridine rings is 1. The van der Waals surface area contributed by atoms with E-state index in [1.165, 1.54) is 18.0 Å². The van der Waals surface area contributed by atoms with Crippen molar-refractivity contribution < 1.29 is 24.5 Å². The molecule has 1 aliphatic heterocycles. The van der Waals surface area contributed by atoms with Crippen molar-refractivity contribution in [2.24, 2.45) is 5.92 Å². The van der Waals surface area contributed by atoms with Crippen LogP contribution in [-0.2, 0) is 16.1 Å². The number of hydrogen-bond donors (Lipinski definition) is 3. The van der Waals surface area contributed by atoms with E-state index in [1.54, 1.807) is 47.3 Å². The van der Waals surface area contributed by atoms with Gasteiger partial charge in [0.05, 0.1) is 30.1 Å². The second kappa shape index (κ2) is 13.3. The number of aliphatic hydroxyl groups is 1. The second-order valence-corrected chi connectivity index (χ2v) is 11.3. The van der Waals surface area contributed by atoms with Crippen LogP contribution in [0, 0.1) is 5.92 Å². The van der Waals surface area contributed by atoms with Crippen LogP contribution < -0.4 is 5.32 Å². The van der Waals surface area contributed by atoms with Crippen molar-refractivity contribution in [3.8, 4) is 11.4 Å². The number of carbonyl (C=O) groups is 1. The Bertz CT molecular complexity index is 1680. The Morgan fingerprint density at radius 1 is 0.977 bits per heavy atom. The van der Waals surface area contributed by atoms with Crippen molar-refractivity contribution in [3.63, 3.8) is 0 Å². The molecule has 12 heteroatoms. The number of amides is 1. The van der Waals surface area contributed by atoms with Crippen LogP contribution in [0.3, 0.4) is 0 Å². The minimum Gasteiger partial charge on any atom is -0.508 e. The molecule has 3 N–H and O–H groups in total. The van der Waals surface area contributed by atoms with Gasteiger partial charge in [-0.2, -0.15) is 4.68 Å². The summed E-state index contributed by atoms with van der Waals surface area (Å²) in [5, 5.41) is 34.9. The lowest BCUT2D eigenvalue weighted by Crippen LogP contribution is -2.38. The third-order valence-corrected chi connectivity index (χ3v) is 8.41. The van der Waals surface area contributed by atoms with E-state index in [1.807, 2.05) is 48.5 Å². The number of phenolic OH excluding ortho intramolecular Hbond substituents is 1. The third-order valence-electron chi connectivity index (χ3n) is 7.40. The van der Waals surface area contributed by atoms with Crippen LogP contribution in [-0.4, -0.2) is 53.2 Å². The zero-order valence-electron chi connectivity index (χ0n) is 23.7. The molecule has 5 aromatic rings. The number of ether oxygens (including phenoxy) is 2. The van der Waals surface area contributed by atoms with Gasteiger partial charge in [0.2, 0.25) is 5.16 Å². The normalized spacial score (nSPS) is 19.9. The van der Waals surface area contributed by atoms with Crippen molar-refractivity contribution in [2.45, 2.75) is 37.2 Å². The molecule has 3 heterocycles. The lowest BCUT2D eigenvalue weighted by molar-refractivity contribution is -0.268. The number of tetrazole rings is 1. The fourth-order valence-electron chi connectivity index (χ4n) is 4.92. The largest absolute Gasteiger partial charge is 0.508 e. The molecule has 1 saturated heterocycles. The number of nitrogens with zero attached hydrogens (tertiary/aromatic N) is 5. The van der Waals surface area contributed by atoms with E-state index in [-0.39, 0.29) is 36.4 Å². The minimum absolute atomic E-state index is 0.0326. The van der Waals surface area contributed by atoms with Gasteiger partial charge in [0.1, 0.15) is 5.75 Å². The molecule has 11 nitrogen and oxygen atoms in total. The number of aliphatic hydroxyl groups excluding tert-OH is 1. The maximum absolute atomic E-state index is 12.6. The van der Waals surface area contributed by atoms with Crippen molar-refractivity contribution in [1.29, 1.82) is 0 Å². The van der Waals surface area contributed by atoms with E-state index >= 15 is 0 Å². The number of benzene rings is 3. The molecule has 2 aromatic heterocycles. The average molecular weight is 611 g/mol. The van der Waals surface area contributed by atoms with Crippen LogP contribution in [0.2, 0.25) is 0 Å². The summed E-state index contributed by atoms with van der Waals surface area (Å²) in [5.74, 6) is 0.426. The first kappa shape index (κ1) is 29.5. The summed E-state index contributed by atoms with van der Waals surface area (Å²) in [4.78, 5) is 16.6. The average Bonchev–Trinajstić information content (AvgIpc) is 3.54. The maximum atomic E-state index is 12.6. The number of aromatic nitrogens is 5. The monoisotopic (exact) mass is 610 g/mol.